The summed E-state index contributed by atoms with van der Waals surface area (Å²) < 4.78 is 38.0. The van der Waals surface area contributed by atoms with E-state index in [4.69, 9.17) is 0 Å². The van der Waals surface area contributed by atoms with Gasteiger partial charge in [-0.25, -0.2) is 4.79 Å². The highest BCUT2D eigenvalue weighted by molar-refractivity contribution is 6.04. The Labute approximate surface area is 126 Å². The number of rotatable bonds is 5. The molecule has 0 aromatic heterocycles. The molecule has 0 saturated carbocycles. The minimum atomic E-state index is -4.42. The average molecular weight is 314 g/mol. The van der Waals surface area contributed by atoms with Crippen LogP contribution in [0.4, 0.5) is 18.0 Å². The van der Waals surface area contributed by atoms with Gasteiger partial charge in [0.15, 0.2) is 0 Å². The van der Waals surface area contributed by atoms with Crippen molar-refractivity contribution in [2.45, 2.75) is 38.4 Å². The first kappa shape index (κ1) is 16.3. The lowest BCUT2D eigenvalue weighted by Gasteiger charge is -2.13. The van der Waals surface area contributed by atoms with E-state index in [2.05, 4.69) is 5.32 Å². The third-order valence-electron chi connectivity index (χ3n) is 3.54. The van der Waals surface area contributed by atoms with E-state index < -0.39 is 23.8 Å². The zero-order valence-electron chi connectivity index (χ0n) is 12.1. The monoisotopic (exact) mass is 314 g/mol. The van der Waals surface area contributed by atoms with E-state index in [0.29, 0.717) is 18.5 Å². The molecule has 0 radical (unpaired) electrons. The van der Waals surface area contributed by atoms with Crippen molar-refractivity contribution in [2.24, 2.45) is 0 Å². The highest BCUT2D eigenvalue weighted by Gasteiger charge is 2.37. The van der Waals surface area contributed by atoms with Crippen molar-refractivity contribution < 1.29 is 22.8 Å². The van der Waals surface area contributed by atoms with Gasteiger partial charge in [-0.3, -0.25) is 9.69 Å². The van der Waals surface area contributed by atoms with Crippen LogP contribution in [0, 0.1) is 0 Å². The highest BCUT2D eigenvalue weighted by atomic mass is 19.4. The molecular formula is C15H17F3N2O2. The van der Waals surface area contributed by atoms with Crippen molar-refractivity contribution in [1.29, 1.82) is 0 Å². The van der Waals surface area contributed by atoms with Gasteiger partial charge in [-0.15, -0.1) is 0 Å². The van der Waals surface area contributed by atoms with Crippen molar-refractivity contribution in [3.63, 3.8) is 0 Å². The Balaban J connectivity index is 2.08. The lowest BCUT2D eigenvalue weighted by molar-refractivity contribution is -0.137. The molecule has 3 amide bonds. The van der Waals surface area contributed by atoms with Crippen LogP contribution in [0.2, 0.25) is 0 Å². The van der Waals surface area contributed by atoms with E-state index in [1.165, 1.54) is 12.1 Å². The number of benzene rings is 1. The quantitative estimate of drug-likeness (QED) is 0.850. The van der Waals surface area contributed by atoms with Gasteiger partial charge in [0.25, 0.3) is 5.91 Å². The van der Waals surface area contributed by atoms with E-state index in [1.54, 1.807) is 0 Å². The summed E-state index contributed by atoms with van der Waals surface area (Å²) >= 11 is 0. The van der Waals surface area contributed by atoms with Gasteiger partial charge < -0.3 is 5.32 Å². The van der Waals surface area contributed by atoms with Crippen LogP contribution < -0.4 is 5.32 Å². The molecule has 120 valence electrons. The fourth-order valence-corrected chi connectivity index (χ4v) is 2.35. The van der Waals surface area contributed by atoms with Gasteiger partial charge in [-0.05, 0) is 18.1 Å². The number of carbonyl (C=O) groups is 2. The number of unbranched alkanes of at least 4 members (excludes halogenated alkanes) is 1. The first-order chi connectivity index (χ1) is 10.3. The first-order valence-electron chi connectivity index (χ1n) is 7.11. The molecule has 0 aliphatic carbocycles. The number of nitrogens with zero attached hydrogens (tertiary/aromatic N) is 1. The highest BCUT2D eigenvalue weighted by Crippen LogP contribution is 2.30. The van der Waals surface area contributed by atoms with Crippen LogP contribution >= 0.6 is 0 Å². The van der Waals surface area contributed by atoms with Crippen LogP contribution in [0.3, 0.4) is 0 Å². The number of nitrogens with one attached hydrogen (secondary N) is 1. The fourth-order valence-electron chi connectivity index (χ4n) is 2.35. The molecule has 1 aromatic rings. The van der Waals surface area contributed by atoms with Crippen molar-refractivity contribution in [1.82, 2.24) is 10.2 Å². The summed E-state index contributed by atoms with van der Waals surface area (Å²) in [6.45, 7) is 2.28. The van der Waals surface area contributed by atoms with Crippen molar-refractivity contribution in [3.05, 3.63) is 35.4 Å². The standard InChI is InChI=1S/C15H17F3N2O2/c1-2-3-7-20-13(21)12(19-14(20)22)9-10-5-4-6-11(8-10)15(16,17)18/h4-6,8,12H,2-3,7,9H2,1H3,(H,19,22). The topological polar surface area (TPSA) is 49.4 Å². The second-order valence-electron chi connectivity index (χ2n) is 5.25. The molecule has 1 fully saturated rings. The summed E-state index contributed by atoms with van der Waals surface area (Å²) in [7, 11) is 0. The molecule has 22 heavy (non-hydrogen) atoms. The number of hydrogen-bond donors (Lipinski definition) is 1. The Morgan fingerprint density at radius 1 is 1.27 bits per heavy atom. The Morgan fingerprint density at radius 3 is 2.64 bits per heavy atom. The van der Waals surface area contributed by atoms with Gasteiger partial charge in [0.2, 0.25) is 0 Å². The van der Waals surface area contributed by atoms with Crippen LogP contribution in [-0.4, -0.2) is 29.4 Å². The van der Waals surface area contributed by atoms with Crippen LogP contribution in [-0.2, 0) is 17.4 Å². The van der Waals surface area contributed by atoms with Crippen LogP contribution in [0.5, 0.6) is 0 Å². The molecule has 0 spiro atoms. The largest absolute Gasteiger partial charge is 0.416 e. The predicted molar refractivity (Wildman–Crippen MR) is 74.1 cm³/mol. The molecule has 1 aliphatic heterocycles. The van der Waals surface area contributed by atoms with Gasteiger partial charge in [0.1, 0.15) is 6.04 Å². The van der Waals surface area contributed by atoms with E-state index in [1.807, 2.05) is 6.92 Å². The Hall–Kier alpha value is -2.05. The van der Waals surface area contributed by atoms with Crippen LogP contribution in [0.1, 0.15) is 30.9 Å². The second kappa shape index (κ2) is 6.37. The molecule has 1 aromatic carbocycles. The predicted octanol–water partition coefficient (Wildman–Crippen LogP) is 2.97. The number of halogens is 3. The summed E-state index contributed by atoms with van der Waals surface area (Å²) in [5.41, 5.74) is -0.393. The molecule has 1 atom stereocenters. The number of urea groups is 1. The Bertz CT molecular complexity index is 572. The van der Waals surface area contributed by atoms with E-state index in [-0.39, 0.29) is 12.3 Å². The minimum Gasteiger partial charge on any atom is -0.325 e. The third kappa shape index (κ3) is 3.58. The van der Waals surface area contributed by atoms with Gasteiger partial charge in [0, 0.05) is 13.0 Å². The molecule has 4 nitrogen and oxygen atoms in total. The summed E-state index contributed by atoms with van der Waals surface area (Å²) in [5.74, 6) is -0.379. The summed E-state index contributed by atoms with van der Waals surface area (Å²) in [5, 5.41) is 2.53. The normalized spacial score (nSPS) is 18.7. The number of carbonyl (C=O) groups excluding carboxylic acids is 2. The summed E-state index contributed by atoms with van der Waals surface area (Å²) in [4.78, 5) is 25.0. The summed E-state index contributed by atoms with van der Waals surface area (Å²) in [6.07, 6.45) is -2.83. The molecule has 1 unspecified atom stereocenters. The fraction of sp³-hybridized carbons (Fsp3) is 0.467. The third-order valence-corrected chi connectivity index (χ3v) is 3.54. The summed E-state index contributed by atoms with van der Waals surface area (Å²) in [6, 6.07) is 3.53. The van der Waals surface area contributed by atoms with Crippen LogP contribution in [0.25, 0.3) is 0 Å². The van der Waals surface area contributed by atoms with Gasteiger partial charge in [0.05, 0.1) is 5.56 Å². The maximum atomic E-state index is 12.7. The van der Waals surface area contributed by atoms with Gasteiger partial charge >= 0.3 is 12.2 Å². The van der Waals surface area contributed by atoms with Crippen LogP contribution in [0.15, 0.2) is 24.3 Å². The number of hydrogen-bond acceptors (Lipinski definition) is 2. The molecule has 7 heteroatoms. The molecule has 1 saturated heterocycles. The zero-order chi connectivity index (χ0) is 16.3. The second-order valence-corrected chi connectivity index (χ2v) is 5.25. The Morgan fingerprint density at radius 2 is 2.00 bits per heavy atom. The molecule has 0 bridgehead atoms. The molecule has 1 N–H and O–H groups in total. The zero-order valence-corrected chi connectivity index (χ0v) is 12.1. The molecule has 2 rings (SSSR count). The van der Waals surface area contributed by atoms with E-state index >= 15 is 0 Å². The SMILES string of the molecule is CCCCN1C(=O)NC(Cc2cccc(C(F)(F)F)c2)C1=O. The minimum absolute atomic E-state index is 0.0527. The maximum absolute atomic E-state index is 12.7. The molecule has 1 heterocycles. The Kier molecular flexibility index (Phi) is 4.73. The van der Waals surface area contributed by atoms with Gasteiger partial charge in [-0.2, -0.15) is 13.2 Å². The average Bonchev–Trinajstić information content (AvgIpc) is 2.71. The van der Waals surface area contributed by atoms with Crippen molar-refractivity contribution >= 4 is 11.9 Å². The van der Waals surface area contributed by atoms with Gasteiger partial charge in [-0.1, -0.05) is 31.5 Å². The van der Waals surface area contributed by atoms with Crippen molar-refractivity contribution in [2.75, 3.05) is 6.54 Å². The van der Waals surface area contributed by atoms with E-state index in [9.17, 15) is 22.8 Å². The molecular weight excluding hydrogens is 297 g/mol. The molecule has 1 aliphatic rings. The first-order valence-corrected chi connectivity index (χ1v) is 7.11. The number of amides is 3. The lowest BCUT2D eigenvalue weighted by Crippen LogP contribution is -2.33. The number of imide groups is 1. The smallest absolute Gasteiger partial charge is 0.325 e. The van der Waals surface area contributed by atoms with Crippen molar-refractivity contribution in [3.8, 4) is 0 Å². The maximum Gasteiger partial charge on any atom is 0.416 e. The number of alkyl halides is 3. The van der Waals surface area contributed by atoms with E-state index in [0.717, 1.165) is 23.5 Å². The lowest BCUT2D eigenvalue weighted by atomic mass is 10.0.